The summed E-state index contributed by atoms with van der Waals surface area (Å²) in [5.41, 5.74) is 3.07. The van der Waals surface area contributed by atoms with Crippen molar-refractivity contribution in [3.63, 3.8) is 0 Å². The highest BCUT2D eigenvalue weighted by Gasteiger charge is 2.37. The van der Waals surface area contributed by atoms with Gasteiger partial charge in [-0.05, 0) is 12.5 Å². The van der Waals surface area contributed by atoms with Gasteiger partial charge in [0.25, 0.3) is 0 Å². The molecule has 5 nitrogen and oxygen atoms in total. The standard InChI is InChI=1S/C13H12N2O3/c1-7-2-4-8(5-3-7)11-10-9(6-18-12(10)16)14-13(17)15-11/h2-5,11H,6H2,1H3,(H2,14,15,17)/t11-/m0/s1. The number of carbonyl (C=O) groups is 2. The van der Waals surface area contributed by atoms with Crippen LogP contribution in [0.4, 0.5) is 4.79 Å². The summed E-state index contributed by atoms with van der Waals surface area (Å²) in [7, 11) is 0. The molecule has 0 radical (unpaired) electrons. The second kappa shape index (κ2) is 3.87. The van der Waals surface area contributed by atoms with Gasteiger partial charge in [0.15, 0.2) is 0 Å². The Morgan fingerprint density at radius 2 is 1.94 bits per heavy atom. The maximum atomic E-state index is 11.7. The lowest BCUT2D eigenvalue weighted by Crippen LogP contribution is -2.44. The highest BCUT2D eigenvalue weighted by atomic mass is 16.5. The zero-order chi connectivity index (χ0) is 12.7. The largest absolute Gasteiger partial charge is 0.456 e. The Morgan fingerprint density at radius 3 is 2.67 bits per heavy atom. The number of nitrogens with one attached hydrogen (secondary N) is 2. The molecule has 0 aliphatic carbocycles. The second-order valence-corrected chi connectivity index (χ2v) is 4.41. The molecule has 92 valence electrons. The van der Waals surface area contributed by atoms with Crippen LogP contribution in [-0.2, 0) is 9.53 Å². The molecule has 0 unspecified atom stereocenters. The fraction of sp³-hybridized carbons (Fsp3) is 0.231. The molecule has 3 rings (SSSR count). The van der Waals surface area contributed by atoms with E-state index in [2.05, 4.69) is 10.6 Å². The summed E-state index contributed by atoms with van der Waals surface area (Å²) in [6, 6.07) is 6.97. The van der Waals surface area contributed by atoms with Crippen LogP contribution < -0.4 is 10.6 Å². The zero-order valence-corrected chi connectivity index (χ0v) is 9.82. The van der Waals surface area contributed by atoms with Crippen LogP contribution in [0.5, 0.6) is 0 Å². The number of rotatable bonds is 1. The number of amides is 2. The minimum Gasteiger partial charge on any atom is -0.456 e. The van der Waals surface area contributed by atoms with Gasteiger partial charge in [-0.2, -0.15) is 0 Å². The lowest BCUT2D eigenvalue weighted by molar-refractivity contribution is -0.136. The Morgan fingerprint density at radius 1 is 1.22 bits per heavy atom. The maximum absolute atomic E-state index is 11.7. The van der Waals surface area contributed by atoms with Gasteiger partial charge in [0.1, 0.15) is 6.61 Å². The lowest BCUT2D eigenvalue weighted by atomic mass is 9.96. The highest BCUT2D eigenvalue weighted by Crippen LogP contribution is 2.30. The first kappa shape index (κ1) is 10.8. The zero-order valence-electron chi connectivity index (χ0n) is 9.82. The molecule has 2 amide bonds. The number of esters is 1. The van der Waals surface area contributed by atoms with Crippen LogP contribution in [0, 0.1) is 6.92 Å². The monoisotopic (exact) mass is 244 g/mol. The summed E-state index contributed by atoms with van der Waals surface area (Å²) in [5.74, 6) is -0.372. The fourth-order valence-corrected chi connectivity index (χ4v) is 2.20. The Balaban J connectivity index is 2.04. The van der Waals surface area contributed by atoms with Crippen molar-refractivity contribution in [2.45, 2.75) is 13.0 Å². The molecule has 5 heteroatoms. The van der Waals surface area contributed by atoms with Crippen LogP contribution in [0.1, 0.15) is 17.2 Å². The first-order valence-electron chi connectivity index (χ1n) is 5.69. The van der Waals surface area contributed by atoms with Gasteiger partial charge in [0.2, 0.25) is 0 Å². The number of cyclic esters (lactones) is 1. The topological polar surface area (TPSA) is 67.4 Å². The van der Waals surface area contributed by atoms with E-state index in [-0.39, 0.29) is 18.6 Å². The van der Waals surface area contributed by atoms with Crippen LogP contribution in [-0.4, -0.2) is 18.6 Å². The molecule has 0 saturated carbocycles. The molecule has 0 spiro atoms. The van der Waals surface area contributed by atoms with Crippen LogP contribution in [0.3, 0.4) is 0 Å². The number of aryl methyl sites for hydroxylation is 1. The molecular formula is C13H12N2O3. The third kappa shape index (κ3) is 1.64. The van der Waals surface area contributed by atoms with Crippen LogP contribution in [0.2, 0.25) is 0 Å². The first-order chi connectivity index (χ1) is 8.65. The Labute approximate surface area is 104 Å². The number of hydrogen-bond acceptors (Lipinski definition) is 3. The van der Waals surface area contributed by atoms with Crippen molar-refractivity contribution >= 4 is 12.0 Å². The van der Waals surface area contributed by atoms with E-state index >= 15 is 0 Å². The third-order valence-electron chi connectivity index (χ3n) is 3.13. The molecule has 2 aliphatic rings. The maximum Gasteiger partial charge on any atom is 0.338 e. The van der Waals surface area contributed by atoms with E-state index in [0.29, 0.717) is 11.3 Å². The summed E-state index contributed by atoms with van der Waals surface area (Å²) in [4.78, 5) is 23.2. The minimum atomic E-state index is -0.427. The van der Waals surface area contributed by atoms with Gasteiger partial charge in [0.05, 0.1) is 17.3 Å². The van der Waals surface area contributed by atoms with E-state index in [4.69, 9.17) is 4.74 Å². The summed E-state index contributed by atoms with van der Waals surface area (Å²) in [6.07, 6.45) is 0. The van der Waals surface area contributed by atoms with Crippen molar-refractivity contribution in [3.8, 4) is 0 Å². The predicted molar refractivity (Wildman–Crippen MR) is 63.6 cm³/mol. The van der Waals surface area contributed by atoms with Crippen molar-refractivity contribution < 1.29 is 14.3 Å². The Bertz CT molecular complexity index is 560. The molecule has 2 heterocycles. The van der Waals surface area contributed by atoms with Crippen molar-refractivity contribution in [2.75, 3.05) is 6.61 Å². The quantitative estimate of drug-likeness (QED) is 0.728. The van der Waals surface area contributed by atoms with E-state index < -0.39 is 6.04 Å². The van der Waals surface area contributed by atoms with Gasteiger partial charge in [-0.1, -0.05) is 29.8 Å². The summed E-state index contributed by atoms with van der Waals surface area (Å²) in [6.45, 7) is 2.13. The SMILES string of the molecule is Cc1ccc([C@@H]2NC(=O)NC3=C2C(=O)OC3)cc1. The van der Waals surface area contributed by atoms with Crippen molar-refractivity contribution in [2.24, 2.45) is 0 Å². The smallest absolute Gasteiger partial charge is 0.338 e. The number of urea groups is 1. The third-order valence-corrected chi connectivity index (χ3v) is 3.13. The summed E-state index contributed by atoms with van der Waals surface area (Å²) >= 11 is 0. The fourth-order valence-electron chi connectivity index (χ4n) is 2.20. The van der Waals surface area contributed by atoms with Gasteiger partial charge in [0, 0.05) is 0 Å². The highest BCUT2D eigenvalue weighted by molar-refractivity contribution is 5.97. The molecule has 0 bridgehead atoms. The van der Waals surface area contributed by atoms with Gasteiger partial charge < -0.3 is 15.4 Å². The number of hydrogen-bond donors (Lipinski definition) is 2. The Hall–Kier alpha value is -2.30. The van der Waals surface area contributed by atoms with E-state index in [0.717, 1.165) is 11.1 Å². The first-order valence-corrected chi connectivity index (χ1v) is 5.69. The van der Waals surface area contributed by atoms with Crippen molar-refractivity contribution in [3.05, 3.63) is 46.7 Å². The van der Waals surface area contributed by atoms with E-state index in [1.54, 1.807) is 0 Å². The molecule has 0 aromatic heterocycles. The van der Waals surface area contributed by atoms with Gasteiger partial charge in [-0.3, -0.25) is 0 Å². The van der Waals surface area contributed by atoms with Crippen molar-refractivity contribution in [1.82, 2.24) is 10.6 Å². The second-order valence-electron chi connectivity index (χ2n) is 4.41. The number of carbonyl (C=O) groups excluding carboxylic acids is 2. The molecule has 2 N–H and O–H groups in total. The average Bonchev–Trinajstić information content (AvgIpc) is 2.71. The Kier molecular flexibility index (Phi) is 2.33. The van der Waals surface area contributed by atoms with E-state index in [9.17, 15) is 9.59 Å². The summed E-state index contributed by atoms with van der Waals surface area (Å²) < 4.78 is 4.96. The number of ether oxygens (including phenoxy) is 1. The van der Waals surface area contributed by atoms with Crippen LogP contribution in [0.25, 0.3) is 0 Å². The molecular weight excluding hydrogens is 232 g/mol. The van der Waals surface area contributed by atoms with E-state index in [1.807, 2.05) is 31.2 Å². The normalized spacial score (nSPS) is 22.2. The van der Waals surface area contributed by atoms with E-state index in [1.165, 1.54) is 0 Å². The molecule has 2 aliphatic heterocycles. The molecule has 18 heavy (non-hydrogen) atoms. The van der Waals surface area contributed by atoms with Gasteiger partial charge in [-0.25, -0.2) is 9.59 Å². The average molecular weight is 244 g/mol. The minimum absolute atomic E-state index is 0.143. The molecule has 0 saturated heterocycles. The van der Waals surface area contributed by atoms with Crippen LogP contribution in [0.15, 0.2) is 35.5 Å². The van der Waals surface area contributed by atoms with Gasteiger partial charge in [-0.15, -0.1) is 0 Å². The predicted octanol–water partition coefficient (Wildman–Crippen LogP) is 1.16. The van der Waals surface area contributed by atoms with Crippen LogP contribution >= 0.6 is 0 Å². The molecule has 1 aromatic rings. The van der Waals surface area contributed by atoms with Gasteiger partial charge >= 0.3 is 12.0 Å². The molecule has 1 atom stereocenters. The lowest BCUT2D eigenvalue weighted by Gasteiger charge is -2.24. The number of benzene rings is 1. The molecule has 0 fully saturated rings. The molecule has 1 aromatic carbocycles. The van der Waals surface area contributed by atoms with Crippen molar-refractivity contribution in [1.29, 1.82) is 0 Å². The summed E-state index contributed by atoms with van der Waals surface area (Å²) in [5, 5.41) is 5.35.